The fourth-order valence-electron chi connectivity index (χ4n) is 0.950. The van der Waals surface area contributed by atoms with E-state index in [-0.39, 0.29) is 0 Å². The summed E-state index contributed by atoms with van der Waals surface area (Å²) < 4.78 is 73.4. The molecular formula is C10H15F4N2O3S+. The molecule has 0 aliphatic carbocycles. The number of aryl methyl sites for hydroxylation is 1. The Morgan fingerprint density at radius 3 is 2.10 bits per heavy atom. The molecule has 0 saturated heterocycles. The number of aromatic nitrogens is 2. The summed E-state index contributed by atoms with van der Waals surface area (Å²) in [6, 6.07) is 0. The van der Waals surface area contributed by atoms with E-state index in [1.54, 1.807) is 0 Å². The molecule has 0 amide bonds. The predicted molar refractivity (Wildman–Crippen MR) is 61.8 cm³/mol. The highest BCUT2D eigenvalue weighted by atomic mass is 32.2. The minimum Gasteiger partial charge on any atom is -0.281 e. The van der Waals surface area contributed by atoms with Crippen LogP contribution in [0, 0.1) is 0 Å². The van der Waals surface area contributed by atoms with E-state index in [1.165, 1.54) is 12.8 Å². The van der Waals surface area contributed by atoms with Gasteiger partial charge >= 0.3 is 21.8 Å². The van der Waals surface area contributed by atoms with Gasteiger partial charge in [-0.25, -0.2) is 13.3 Å². The van der Waals surface area contributed by atoms with E-state index in [1.807, 2.05) is 24.8 Å². The van der Waals surface area contributed by atoms with Crippen molar-refractivity contribution in [3.63, 3.8) is 0 Å². The van der Waals surface area contributed by atoms with Crippen molar-refractivity contribution < 1.29 is 35.1 Å². The number of alkyl halides is 4. The average molecular weight is 319 g/mol. The second kappa shape index (κ2) is 8.10. The van der Waals surface area contributed by atoms with Crippen molar-refractivity contribution in [2.24, 2.45) is 0 Å². The van der Waals surface area contributed by atoms with E-state index in [2.05, 4.69) is 16.5 Å². The van der Waals surface area contributed by atoms with E-state index in [4.69, 9.17) is 4.55 Å². The monoisotopic (exact) mass is 319 g/mol. The highest BCUT2D eigenvalue weighted by molar-refractivity contribution is 7.86. The molecule has 1 aromatic heterocycles. The maximum atomic E-state index is 11.5. The Morgan fingerprint density at radius 1 is 1.30 bits per heavy atom. The van der Waals surface area contributed by atoms with E-state index >= 15 is 0 Å². The zero-order valence-corrected chi connectivity index (χ0v) is 11.4. The van der Waals surface area contributed by atoms with Gasteiger partial charge in [-0.15, -0.1) is 0 Å². The SMILES string of the molecule is CCCC[n+]1ccncc1.O=S(=O)(O)C(F)(F)C(F)F. The molecule has 0 fully saturated rings. The van der Waals surface area contributed by atoms with Gasteiger partial charge in [0.05, 0.1) is 12.4 Å². The Balaban J connectivity index is 0.000000361. The molecule has 1 heterocycles. The molecule has 0 saturated carbocycles. The summed E-state index contributed by atoms with van der Waals surface area (Å²) in [7, 11) is -5.98. The maximum Gasteiger partial charge on any atom is 0.428 e. The van der Waals surface area contributed by atoms with Gasteiger partial charge in [0.25, 0.3) is 0 Å². The first-order chi connectivity index (χ1) is 9.13. The largest absolute Gasteiger partial charge is 0.428 e. The fraction of sp³-hybridized carbons (Fsp3) is 0.600. The smallest absolute Gasteiger partial charge is 0.281 e. The third-order valence-corrected chi connectivity index (χ3v) is 2.92. The molecule has 1 aromatic rings. The Bertz CT molecular complexity index is 483. The van der Waals surface area contributed by atoms with Gasteiger partial charge in [0.15, 0.2) is 12.4 Å². The van der Waals surface area contributed by atoms with Crippen molar-refractivity contribution in [3.05, 3.63) is 24.8 Å². The Hall–Kier alpha value is -1.29. The van der Waals surface area contributed by atoms with E-state index in [0.717, 1.165) is 6.54 Å². The van der Waals surface area contributed by atoms with Crippen molar-refractivity contribution in [3.8, 4) is 0 Å². The van der Waals surface area contributed by atoms with Crippen LogP contribution in [0.25, 0.3) is 0 Å². The summed E-state index contributed by atoms with van der Waals surface area (Å²) in [5.41, 5.74) is 0. The zero-order chi connectivity index (χ0) is 15.8. The minimum atomic E-state index is -5.98. The second-order valence-corrected chi connectivity index (χ2v) is 5.17. The quantitative estimate of drug-likeness (QED) is 0.511. The standard InChI is InChI=1S/C8H13N2.C2H2F4O3S/c1-2-3-6-10-7-4-9-5-8-10;3-1(4)2(5,6)10(7,8)9/h4-5,7-8H,2-3,6H2,1H3;1H,(H,7,8,9)/q+1;. The second-order valence-electron chi connectivity index (χ2n) is 3.67. The van der Waals surface area contributed by atoms with Crippen LogP contribution >= 0.6 is 0 Å². The Labute approximate surface area is 114 Å². The van der Waals surface area contributed by atoms with Crippen molar-refractivity contribution in [2.75, 3.05) is 0 Å². The van der Waals surface area contributed by atoms with Crippen LogP contribution in [0.4, 0.5) is 17.6 Å². The number of hydrogen-bond donors (Lipinski definition) is 1. The number of nitrogens with zero attached hydrogens (tertiary/aromatic N) is 2. The lowest BCUT2D eigenvalue weighted by atomic mass is 10.3. The molecule has 0 spiro atoms. The molecule has 0 bridgehead atoms. The lowest BCUT2D eigenvalue weighted by molar-refractivity contribution is -0.697. The molecule has 0 atom stereocenters. The number of halogens is 4. The van der Waals surface area contributed by atoms with Crippen LogP contribution in [0.15, 0.2) is 24.8 Å². The van der Waals surface area contributed by atoms with Gasteiger partial charge < -0.3 is 0 Å². The first-order valence-corrected chi connectivity index (χ1v) is 6.99. The molecule has 5 nitrogen and oxygen atoms in total. The summed E-state index contributed by atoms with van der Waals surface area (Å²) in [5.74, 6) is 0. The maximum absolute atomic E-state index is 11.5. The van der Waals surface area contributed by atoms with Crippen molar-refractivity contribution >= 4 is 10.1 Å². The minimum absolute atomic E-state index is 1.11. The first kappa shape index (κ1) is 18.7. The third kappa shape index (κ3) is 6.24. The fourth-order valence-corrected chi connectivity index (χ4v) is 1.18. The number of hydrogen-bond acceptors (Lipinski definition) is 3. The van der Waals surface area contributed by atoms with Crippen LogP contribution in [0.5, 0.6) is 0 Å². The van der Waals surface area contributed by atoms with E-state index in [0.29, 0.717) is 0 Å². The predicted octanol–water partition coefficient (Wildman–Crippen LogP) is 1.90. The van der Waals surface area contributed by atoms with Crippen LogP contribution in [0.3, 0.4) is 0 Å². The van der Waals surface area contributed by atoms with Gasteiger partial charge in [0.1, 0.15) is 6.54 Å². The molecule has 116 valence electrons. The third-order valence-electron chi connectivity index (χ3n) is 2.06. The summed E-state index contributed by atoms with van der Waals surface area (Å²) in [6.45, 7) is 3.31. The highest BCUT2D eigenvalue weighted by Gasteiger charge is 2.53. The van der Waals surface area contributed by atoms with Crippen molar-refractivity contribution in [2.45, 2.75) is 38.0 Å². The van der Waals surface area contributed by atoms with Crippen LogP contribution in [0.2, 0.25) is 0 Å². The molecule has 0 aromatic carbocycles. The molecule has 10 heteroatoms. The zero-order valence-electron chi connectivity index (χ0n) is 10.6. The van der Waals surface area contributed by atoms with E-state index < -0.39 is 21.8 Å². The molecular weight excluding hydrogens is 304 g/mol. The van der Waals surface area contributed by atoms with Gasteiger partial charge in [-0.1, -0.05) is 13.3 Å². The molecule has 0 aliphatic heterocycles. The molecule has 0 radical (unpaired) electrons. The average Bonchev–Trinajstić information content (AvgIpc) is 2.37. The van der Waals surface area contributed by atoms with Gasteiger partial charge in [-0.05, 0) is 0 Å². The van der Waals surface area contributed by atoms with E-state index in [9.17, 15) is 26.0 Å². The topological polar surface area (TPSA) is 71.1 Å². The molecule has 1 N–H and O–H groups in total. The van der Waals surface area contributed by atoms with Crippen LogP contribution in [0.1, 0.15) is 19.8 Å². The van der Waals surface area contributed by atoms with Crippen LogP contribution in [-0.2, 0) is 16.7 Å². The summed E-state index contributed by atoms with van der Waals surface area (Å²) in [4.78, 5) is 3.93. The lowest BCUT2D eigenvalue weighted by Crippen LogP contribution is -2.35. The van der Waals surface area contributed by atoms with Crippen LogP contribution < -0.4 is 4.57 Å². The normalized spacial score (nSPS) is 11.9. The van der Waals surface area contributed by atoms with Gasteiger partial charge in [0.2, 0.25) is 0 Å². The van der Waals surface area contributed by atoms with Crippen LogP contribution in [-0.4, -0.2) is 29.6 Å². The number of rotatable bonds is 5. The summed E-state index contributed by atoms with van der Waals surface area (Å²) in [6.07, 6.45) is 5.70. The number of unbranched alkanes of at least 4 members (excludes halogenated alkanes) is 1. The molecule has 1 rings (SSSR count). The van der Waals surface area contributed by atoms with Crippen molar-refractivity contribution in [1.29, 1.82) is 0 Å². The molecule has 0 aliphatic rings. The lowest BCUT2D eigenvalue weighted by Gasteiger charge is -2.09. The molecule has 0 unspecified atom stereocenters. The Morgan fingerprint density at radius 2 is 1.80 bits per heavy atom. The van der Waals surface area contributed by atoms with Gasteiger partial charge in [0, 0.05) is 6.42 Å². The summed E-state index contributed by atoms with van der Waals surface area (Å²) >= 11 is 0. The Kier molecular flexibility index (Phi) is 7.58. The highest BCUT2D eigenvalue weighted by Crippen LogP contribution is 2.27. The van der Waals surface area contributed by atoms with Gasteiger partial charge in [-0.3, -0.25) is 9.54 Å². The van der Waals surface area contributed by atoms with Crippen molar-refractivity contribution in [1.82, 2.24) is 4.98 Å². The van der Waals surface area contributed by atoms with Gasteiger partial charge in [-0.2, -0.15) is 17.2 Å². The first-order valence-electron chi connectivity index (χ1n) is 5.55. The molecule has 20 heavy (non-hydrogen) atoms. The summed E-state index contributed by atoms with van der Waals surface area (Å²) in [5, 5.41) is -5.37.